The third-order valence-electron chi connectivity index (χ3n) is 4.61. The lowest BCUT2D eigenvalue weighted by Crippen LogP contribution is -2.36. The molecule has 126 valence electrons. The molecule has 0 spiro atoms. The number of likely N-dealkylation sites (tertiary alicyclic amines) is 1. The van der Waals surface area contributed by atoms with E-state index in [0.717, 1.165) is 13.1 Å². The molecule has 2 aromatic carbocycles. The Morgan fingerprint density at radius 3 is 2.33 bits per heavy atom. The monoisotopic (exact) mass is 326 g/mol. The van der Waals surface area contributed by atoms with Crippen molar-refractivity contribution >= 4 is 5.91 Å². The number of nitrogens with zero attached hydrogens (tertiary/aromatic N) is 1. The summed E-state index contributed by atoms with van der Waals surface area (Å²) in [6.45, 7) is 4.75. The Kier molecular flexibility index (Phi) is 5.26. The van der Waals surface area contributed by atoms with Gasteiger partial charge in [0.15, 0.2) is 0 Å². The van der Waals surface area contributed by atoms with E-state index in [1.165, 1.54) is 48.2 Å². The van der Waals surface area contributed by atoms with Gasteiger partial charge in [0, 0.05) is 12.1 Å². The second-order valence-corrected chi connectivity index (χ2v) is 6.39. The van der Waals surface area contributed by atoms with Crippen LogP contribution in [0.4, 0.5) is 4.39 Å². The predicted molar refractivity (Wildman–Crippen MR) is 93.5 cm³/mol. The van der Waals surface area contributed by atoms with Gasteiger partial charge in [0.25, 0.3) is 5.91 Å². The zero-order chi connectivity index (χ0) is 16.9. The van der Waals surface area contributed by atoms with Crippen LogP contribution < -0.4 is 5.32 Å². The fourth-order valence-corrected chi connectivity index (χ4v) is 3.19. The van der Waals surface area contributed by atoms with Crippen molar-refractivity contribution in [3.63, 3.8) is 0 Å². The highest BCUT2D eigenvalue weighted by Gasteiger charge is 2.24. The van der Waals surface area contributed by atoms with E-state index in [-0.39, 0.29) is 17.8 Å². The van der Waals surface area contributed by atoms with Crippen molar-refractivity contribution in [3.8, 4) is 0 Å². The number of amides is 1. The van der Waals surface area contributed by atoms with E-state index < -0.39 is 0 Å². The average molecular weight is 326 g/mol. The molecule has 2 aromatic rings. The van der Waals surface area contributed by atoms with Crippen LogP contribution >= 0.6 is 0 Å². The first kappa shape index (κ1) is 16.7. The molecule has 0 aliphatic carbocycles. The van der Waals surface area contributed by atoms with Gasteiger partial charge in [-0.3, -0.25) is 9.69 Å². The Hall–Kier alpha value is -2.20. The van der Waals surface area contributed by atoms with Gasteiger partial charge in [-0.05, 0) is 62.7 Å². The molecule has 1 aliphatic heterocycles. The summed E-state index contributed by atoms with van der Waals surface area (Å²) in [6.07, 6.45) is 2.41. The largest absolute Gasteiger partial charge is 0.350 e. The van der Waals surface area contributed by atoms with Crippen LogP contribution in [0.15, 0.2) is 48.5 Å². The van der Waals surface area contributed by atoms with Gasteiger partial charge in [-0.25, -0.2) is 4.39 Å². The number of aryl methyl sites for hydroxylation is 1. The molecule has 24 heavy (non-hydrogen) atoms. The molecule has 3 rings (SSSR count). The van der Waals surface area contributed by atoms with Crippen molar-refractivity contribution in [2.45, 2.75) is 25.8 Å². The summed E-state index contributed by atoms with van der Waals surface area (Å²) < 4.78 is 13.0. The highest BCUT2D eigenvalue weighted by atomic mass is 19.1. The maximum atomic E-state index is 13.0. The Morgan fingerprint density at radius 2 is 1.71 bits per heavy atom. The molecule has 0 unspecified atom stereocenters. The van der Waals surface area contributed by atoms with Gasteiger partial charge in [-0.15, -0.1) is 0 Å². The molecule has 1 heterocycles. The van der Waals surface area contributed by atoms with Crippen LogP contribution in [0.1, 0.15) is 40.4 Å². The molecular formula is C20H23FN2O. The first-order valence-corrected chi connectivity index (χ1v) is 8.48. The molecule has 1 fully saturated rings. The Morgan fingerprint density at radius 1 is 1.08 bits per heavy atom. The quantitative estimate of drug-likeness (QED) is 0.908. The zero-order valence-electron chi connectivity index (χ0n) is 14.0. The normalized spacial score (nSPS) is 16.1. The van der Waals surface area contributed by atoms with Crippen LogP contribution in [0.2, 0.25) is 0 Å². The fraction of sp³-hybridized carbons (Fsp3) is 0.350. The SMILES string of the molecule is Cc1ccc([C@@H](CNC(=O)c2ccc(F)cc2)N2CCCC2)cc1. The number of hydrogen-bond acceptors (Lipinski definition) is 2. The van der Waals surface area contributed by atoms with E-state index in [1.807, 2.05) is 0 Å². The van der Waals surface area contributed by atoms with Crippen LogP contribution in [0.3, 0.4) is 0 Å². The van der Waals surface area contributed by atoms with E-state index in [1.54, 1.807) is 0 Å². The van der Waals surface area contributed by atoms with Crippen molar-refractivity contribution in [3.05, 3.63) is 71.0 Å². The third-order valence-corrected chi connectivity index (χ3v) is 4.61. The molecular weight excluding hydrogens is 303 g/mol. The number of carbonyl (C=O) groups excluding carboxylic acids is 1. The molecule has 0 bridgehead atoms. The van der Waals surface area contributed by atoms with E-state index >= 15 is 0 Å². The van der Waals surface area contributed by atoms with Gasteiger partial charge in [0.2, 0.25) is 0 Å². The van der Waals surface area contributed by atoms with Gasteiger partial charge in [-0.1, -0.05) is 29.8 Å². The second-order valence-electron chi connectivity index (χ2n) is 6.39. The average Bonchev–Trinajstić information content (AvgIpc) is 3.11. The van der Waals surface area contributed by atoms with Crippen LogP contribution in [0.25, 0.3) is 0 Å². The molecule has 1 saturated heterocycles. The lowest BCUT2D eigenvalue weighted by atomic mass is 10.0. The predicted octanol–water partition coefficient (Wildman–Crippen LogP) is 3.70. The minimum Gasteiger partial charge on any atom is -0.350 e. The van der Waals surface area contributed by atoms with E-state index in [4.69, 9.17) is 0 Å². The second kappa shape index (κ2) is 7.58. The van der Waals surface area contributed by atoms with Gasteiger partial charge in [-0.2, -0.15) is 0 Å². The summed E-state index contributed by atoms with van der Waals surface area (Å²) in [6, 6.07) is 14.3. The minimum absolute atomic E-state index is 0.161. The number of halogens is 1. The molecule has 3 nitrogen and oxygen atoms in total. The highest BCUT2D eigenvalue weighted by Crippen LogP contribution is 2.25. The molecule has 0 aromatic heterocycles. The van der Waals surface area contributed by atoms with Gasteiger partial charge < -0.3 is 5.32 Å². The Bertz CT molecular complexity index is 676. The summed E-state index contributed by atoms with van der Waals surface area (Å²) in [5, 5.41) is 3.01. The molecule has 1 amide bonds. The van der Waals surface area contributed by atoms with E-state index in [2.05, 4.69) is 41.4 Å². The van der Waals surface area contributed by atoms with E-state index in [0.29, 0.717) is 12.1 Å². The topological polar surface area (TPSA) is 32.3 Å². The minimum atomic E-state index is -0.332. The summed E-state index contributed by atoms with van der Waals surface area (Å²) in [5.74, 6) is -0.493. The van der Waals surface area contributed by atoms with Crippen molar-refractivity contribution in [2.24, 2.45) is 0 Å². The molecule has 0 saturated carbocycles. The number of rotatable bonds is 5. The highest BCUT2D eigenvalue weighted by molar-refractivity contribution is 5.94. The van der Waals surface area contributed by atoms with Crippen LogP contribution in [-0.2, 0) is 0 Å². The molecule has 0 radical (unpaired) electrons. The number of carbonyl (C=O) groups is 1. The van der Waals surface area contributed by atoms with Gasteiger partial charge in [0.05, 0.1) is 6.04 Å². The summed E-state index contributed by atoms with van der Waals surface area (Å²) in [5.41, 5.74) is 2.94. The van der Waals surface area contributed by atoms with Crippen molar-refractivity contribution in [2.75, 3.05) is 19.6 Å². The van der Waals surface area contributed by atoms with Crippen LogP contribution in [-0.4, -0.2) is 30.4 Å². The summed E-state index contributed by atoms with van der Waals surface area (Å²) >= 11 is 0. The Balaban J connectivity index is 1.70. The van der Waals surface area contributed by atoms with Gasteiger partial charge in [0.1, 0.15) is 5.82 Å². The maximum Gasteiger partial charge on any atom is 0.251 e. The van der Waals surface area contributed by atoms with Gasteiger partial charge >= 0.3 is 0 Å². The number of benzene rings is 2. The fourth-order valence-electron chi connectivity index (χ4n) is 3.19. The molecule has 1 atom stereocenters. The molecule has 1 aliphatic rings. The lowest BCUT2D eigenvalue weighted by Gasteiger charge is -2.28. The first-order valence-electron chi connectivity index (χ1n) is 8.48. The van der Waals surface area contributed by atoms with Crippen molar-refractivity contribution in [1.82, 2.24) is 10.2 Å². The van der Waals surface area contributed by atoms with Crippen molar-refractivity contribution < 1.29 is 9.18 Å². The standard InChI is InChI=1S/C20H23FN2O/c1-15-4-6-16(7-5-15)19(23-12-2-3-13-23)14-22-20(24)17-8-10-18(21)11-9-17/h4-11,19H,2-3,12-14H2,1H3,(H,22,24)/t19-/m1/s1. The number of nitrogens with one attached hydrogen (secondary N) is 1. The maximum absolute atomic E-state index is 13.0. The molecule has 4 heteroatoms. The van der Waals surface area contributed by atoms with Crippen molar-refractivity contribution in [1.29, 1.82) is 0 Å². The molecule has 1 N–H and O–H groups in total. The first-order chi connectivity index (χ1) is 11.6. The van der Waals surface area contributed by atoms with Crippen LogP contribution in [0, 0.1) is 12.7 Å². The summed E-state index contributed by atoms with van der Waals surface area (Å²) in [7, 11) is 0. The smallest absolute Gasteiger partial charge is 0.251 e. The van der Waals surface area contributed by atoms with E-state index in [9.17, 15) is 9.18 Å². The number of hydrogen-bond donors (Lipinski definition) is 1. The zero-order valence-corrected chi connectivity index (χ0v) is 14.0. The lowest BCUT2D eigenvalue weighted by molar-refractivity contribution is 0.0938. The van der Waals surface area contributed by atoms with Crippen LogP contribution in [0.5, 0.6) is 0 Å². The summed E-state index contributed by atoms with van der Waals surface area (Å²) in [4.78, 5) is 14.7. The Labute approximate surface area is 142 Å². The third kappa shape index (κ3) is 4.01.